The first-order chi connectivity index (χ1) is 17.2. The first-order valence-corrected chi connectivity index (χ1v) is 14.3. The second-order valence-corrected chi connectivity index (χ2v) is 12.1. The molecule has 0 unspecified atom stereocenters. The Morgan fingerprint density at radius 3 is 2.56 bits per heavy atom. The van der Waals surface area contributed by atoms with Crippen molar-refractivity contribution < 1.29 is 13.2 Å². The molecule has 1 aliphatic rings. The zero-order valence-corrected chi connectivity index (χ0v) is 22.9. The Hall–Kier alpha value is -2.91. The highest BCUT2D eigenvalue weighted by molar-refractivity contribution is 7.90. The molecule has 1 saturated carbocycles. The Labute approximate surface area is 219 Å². The molecule has 3 aromatic rings. The van der Waals surface area contributed by atoms with Crippen LogP contribution in [0.1, 0.15) is 43.5 Å². The van der Waals surface area contributed by atoms with Crippen LogP contribution < -0.4 is 10.1 Å². The second kappa shape index (κ2) is 11.0. The summed E-state index contributed by atoms with van der Waals surface area (Å²) in [7, 11) is -1.99. The number of sulfone groups is 1. The summed E-state index contributed by atoms with van der Waals surface area (Å²) in [5, 5.41) is 4.06. The maximum absolute atomic E-state index is 13.4. The topological polar surface area (TPSA) is 76.5 Å². The molecule has 2 aromatic carbocycles. The molecule has 0 aliphatic heterocycles. The van der Waals surface area contributed by atoms with Gasteiger partial charge in [0.15, 0.2) is 5.11 Å². The first kappa shape index (κ1) is 26.2. The van der Waals surface area contributed by atoms with Crippen LogP contribution in [0.5, 0.6) is 5.75 Å². The van der Waals surface area contributed by atoms with Crippen molar-refractivity contribution in [3.05, 3.63) is 71.5 Å². The van der Waals surface area contributed by atoms with Crippen molar-refractivity contribution in [1.82, 2.24) is 14.5 Å². The lowest BCUT2D eigenvalue weighted by atomic mass is 10.2. The van der Waals surface area contributed by atoms with E-state index in [2.05, 4.69) is 29.0 Å². The summed E-state index contributed by atoms with van der Waals surface area (Å²) < 4.78 is 34.0. The smallest absolute Gasteiger partial charge is 0.228 e. The van der Waals surface area contributed by atoms with Gasteiger partial charge in [0.1, 0.15) is 5.75 Å². The number of hydrogen-bond donors (Lipinski definition) is 1. The lowest BCUT2D eigenvalue weighted by Crippen LogP contribution is -2.36. The molecule has 0 atom stereocenters. The molecule has 0 radical (unpaired) electrons. The van der Waals surface area contributed by atoms with Gasteiger partial charge in [-0.05, 0) is 67.7 Å². The number of methoxy groups -OCH3 is 1. The van der Waals surface area contributed by atoms with Crippen LogP contribution in [-0.4, -0.2) is 41.1 Å². The molecule has 0 spiro atoms. The number of anilines is 1. The monoisotopic (exact) mass is 526 g/mol. The standard InChI is InChI=1S/C27H34N4O3S2/c1-19(2)16-31-24(15-28-27(31)36(32,33)18-21-7-5-6-20(3)14-21)17-30(23-10-11-23)26(35)29-22-8-12-25(34-4)13-9-22/h5-9,12-15,19,23H,10-11,16-18H2,1-4H3,(H,29,35). The predicted octanol–water partition coefficient (Wildman–Crippen LogP) is 5.19. The van der Waals surface area contributed by atoms with Gasteiger partial charge in [-0.3, -0.25) is 0 Å². The maximum Gasteiger partial charge on any atom is 0.228 e. The Bertz CT molecular complexity index is 1310. The van der Waals surface area contributed by atoms with Crippen molar-refractivity contribution in [2.45, 2.75) is 63.7 Å². The molecule has 4 rings (SSSR count). The molecule has 1 heterocycles. The van der Waals surface area contributed by atoms with E-state index in [9.17, 15) is 8.42 Å². The highest BCUT2D eigenvalue weighted by Gasteiger charge is 2.33. The molecule has 0 bridgehead atoms. The number of aromatic nitrogens is 2. The molecule has 0 amide bonds. The van der Waals surface area contributed by atoms with Gasteiger partial charge in [-0.1, -0.05) is 43.7 Å². The van der Waals surface area contributed by atoms with Crippen LogP contribution in [0.4, 0.5) is 5.69 Å². The van der Waals surface area contributed by atoms with Crippen LogP contribution in [0.25, 0.3) is 0 Å². The number of thiocarbonyl (C=S) groups is 1. The molecular weight excluding hydrogens is 492 g/mol. The largest absolute Gasteiger partial charge is 0.497 e. The SMILES string of the molecule is COc1ccc(NC(=S)N(Cc2cnc(S(=O)(=O)Cc3cccc(C)c3)n2CC(C)C)C2CC2)cc1. The summed E-state index contributed by atoms with van der Waals surface area (Å²) in [4.78, 5) is 6.57. The lowest BCUT2D eigenvalue weighted by Gasteiger charge is -2.27. The van der Waals surface area contributed by atoms with Crippen molar-refractivity contribution in [2.75, 3.05) is 12.4 Å². The van der Waals surface area contributed by atoms with E-state index in [1.54, 1.807) is 13.3 Å². The summed E-state index contributed by atoms with van der Waals surface area (Å²) in [6.45, 7) is 7.18. The molecular formula is C27H34N4O3S2. The maximum atomic E-state index is 13.4. The van der Waals surface area contributed by atoms with E-state index in [1.807, 2.05) is 60.0 Å². The Kier molecular flexibility index (Phi) is 8.00. The fourth-order valence-electron chi connectivity index (χ4n) is 4.21. The molecule has 1 fully saturated rings. The van der Waals surface area contributed by atoms with Gasteiger partial charge < -0.3 is 19.5 Å². The van der Waals surface area contributed by atoms with Crippen molar-refractivity contribution in [3.8, 4) is 5.75 Å². The highest BCUT2D eigenvalue weighted by Crippen LogP contribution is 2.30. The van der Waals surface area contributed by atoms with Crippen molar-refractivity contribution in [1.29, 1.82) is 0 Å². The van der Waals surface area contributed by atoms with Gasteiger partial charge in [0.25, 0.3) is 0 Å². The third-order valence-corrected chi connectivity index (χ3v) is 8.02. The fraction of sp³-hybridized carbons (Fsp3) is 0.407. The number of nitrogens with one attached hydrogen (secondary N) is 1. The van der Waals surface area contributed by atoms with Gasteiger partial charge >= 0.3 is 0 Å². The molecule has 1 aliphatic carbocycles. The minimum absolute atomic E-state index is 0.0764. The second-order valence-electron chi connectivity index (χ2n) is 9.80. The number of aryl methyl sites for hydroxylation is 1. The van der Waals surface area contributed by atoms with Crippen LogP contribution in [0, 0.1) is 12.8 Å². The number of imidazole rings is 1. The van der Waals surface area contributed by atoms with E-state index in [1.165, 1.54) is 0 Å². The average molecular weight is 527 g/mol. The third-order valence-electron chi connectivity index (χ3n) is 6.09. The van der Waals surface area contributed by atoms with E-state index in [-0.39, 0.29) is 16.8 Å². The molecule has 9 heteroatoms. The minimum atomic E-state index is -3.63. The normalized spacial score (nSPS) is 13.6. The van der Waals surface area contributed by atoms with E-state index >= 15 is 0 Å². The Morgan fingerprint density at radius 2 is 1.94 bits per heavy atom. The third kappa shape index (κ3) is 6.44. The van der Waals surface area contributed by atoms with Crippen LogP contribution >= 0.6 is 12.2 Å². The number of benzene rings is 2. The minimum Gasteiger partial charge on any atom is -0.497 e. The van der Waals surface area contributed by atoms with Crippen LogP contribution in [0.2, 0.25) is 0 Å². The summed E-state index contributed by atoms with van der Waals surface area (Å²) in [5.41, 5.74) is 3.52. The van der Waals surface area contributed by atoms with Crippen molar-refractivity contribution in [3.63, 3.8) is 0 Å². The molecule has 1 aromatic heterocycles. The van der Waals surface area contributed by atoms with Crippen LogP contribution in [0.3, 0.4) is 0 Å². The summed E-state index contributed by atoms with van der Waals surface area (Å²) >= 11 is 5.78. The van der Waals surface area contributed by atoms with E-state index in [0.29, 0.717) is 24.2 Å². The lowest BCUT2D eigenvalue weighted by molar-refractivity contribution is 0.380. The Morgan fingerprint density at radius 1 is 1.22 bits per heavy atom. The van der Waals surface area contributed by atoms with Gasteiger partial charge in [-0.25, -0.2) is 13.4 Å². The molecule has 192 valence electrons. The van der Waals surface area contributed by atoms with E-state index in [4.69, 9.17) is 17.0 Å². The van der Waals surface area contributed by atoms with Gasteiger partial charge in [0.05, 0.1) is 31.3 Å². The highest BCUT2D eigenvalue weighted by atomic mass is 32.2. The molecule has 0 saturated heterocycles. The quantitative estimate of drug-likeness (QED) is 0.364. The van der Waals surface area contributed by atoms with E-state index in [0.717, 1.165) is 41.1 Å². The van der Waals surface area contributed by atoms with Crippen molar-refractivity contribution in [2.24, 2.45) is 5.92 Å². The number of nitrogens with zero attached hydrogens (tertiary/aromatic N) is 3. The number of ether oxygens (including phenoxy) is 1. The fourth-order valence-corrected chi connectivity index (χ4v) is 6.03. The van der Waals surface area contributed by atoms with Crippen LogP contribution in [0.15, 0.2) is 59.9 Å². The Balaban J connectivity index is 1.58. The molecule has 36 heavy (non-hydrogen) atoms. The summed E-state index contributed by atoms with van der Waals surface area (Å²) in [6, 6.07) is 15.6. The molecule has 1 N–H and O–H groups in total. The molecule has 7 nitrogen and oxygen atoms in total. The zero-order valence-electron chi connectivity index (χ0n) is 21.3. The van der Waals surface area contributed by atoms with Gasteiger partial charge in [-0.15, -0.1) is 0 Å². The first-order valence-electron chi connectivity index (χ1n) is 12.2. The zero-order chi connectivity index (χ0) is 25.9. The average Bonchev–Trinajstić information content (AvgIpc) is 3.58. The van der Waals surface area contributed by atoms with Gasteiger partial charge in [0, 0.05) is 18.3 Å². The number of hydrogen-bond acceptors (Lipinski definition) is 5. The van der Waals surface area contributed by atoms with Crippen LogP contribution in [-0.2, 0) is 28.7 Å². The number of rotatable bonds is 10. The summed E-state index contributed by atoms with van der Waals surface area (Å²) in [5.74, 6) is 0.958. The van der Waals surface area contributed by atoms with E-state index < -0.39 is 9.84 Å². The van der Waals surface area contributed by atoms with Crippen molar-refractivity contribution >= 4 is 32.9 Å². The van der Waals surface area contributed by atoms with Gasteiger partial charge in [0.2, 0.25) is 15.0 Å². The van der Waals surface area contributed by atoms with Gasteiger partial charge in [-0.2, -0.15) is 0 Å². The summed E-state index contributed by atoms with van der Waals surface area (Å²) in [6.07, 6.45) is 3.80. The predicted molar refractivity (Wildman–Crippen MR) is 147 cm³/mol.